The van der Waals surface area contributed by atoms with Gasteiger partial charge in [-0.15, -0.1) is 11.3 Å². The summed E-state index contributed by atoms with van der Waals surface area (Å²) in [5.41, 5.74) is 2.14. The molecular weight excluding hydrogens is 232 g/mol. The maximum absolute atomic E-state index is 12.4. The molecule has 0 atom stereocenters. The summed E-state index contributed by atoms with van der Waals surface area (Å²) in [4.78, 5) is 17.6. The molecule has 3 aromatic rings. The Morgan fingerprint density at radius 1 is 1.29 bits per heavy atom. The van der Waals surface area contributed by atoms with E-state index in [1.165, 1.54) is 11.3 Å². The summed E-state index contributed by atoms with van der Waals surface area (Å²) in [5, 5.41) is 1.93. The molecule has 84 valence electrons. The van der Waals surface area contributed by atoms with E-state index in [0.29, 0.717) is 11.3 Å². The van der Waals surface area contributed by atoms with Gasteiger partial charge in [-0.25, -0.2) is 4.98 Å². The van der Waals surface area contributed by atoms with E-state index in [1.54, 1.807) is 0 Å². The van der Waals surface area contributed by atoms with Crippen LogP contribution in [0.15, 0.2) is 41.9 Å². The second kappa shape index (κ2) is 3.82. The van der Waals surface area contributed by atoms with Crippen LogP contribution in [0.1, 0.15) is 21.7 Å². The number of imidazole rings is 1. The summed E-state index contributed by atoms with van der Waals surface area (Å²) in [6.45, 7) is 1.87. The van der Waals surface area contributed by atoms with Crippen LogP contribution in [0.25, 0.3) is 4.96 Å². The van der Waals surface area contributed by atoms with Crippen LogP contribution in [-0.4, -0.2) is 15.2 Å². The lowest BCUT2D eigenvalue weighted by atomic mass is 10.1. The van der Waals surface area contributed by atoms with Crippen molar-refractivity contribution in [1.82, 2.24) is 9.38 Å². The predicted octanol–water partition coefficient (Wildman–Crippen LogP) is 2.94. The Bertz CT molecular complexity index is 682. The number of hydrogen-bond donors (Lipinski definition) is 0. The van der Waals surface area contributed by atoms with E-state index in [9.17, 15) is 4.79 Å². The summed E-state index contributed by atoms with van der Waals surface area (Å²) >= 11 is 1.53. The van der Waals surface area contributed by atoms with E-state index in [4.69, 9.17) is 0 Å². The molecule has 0 aliphatic rings. The van der Waals surface area contributed by atoms with Crippen molar-refractivity contribution in [1.29, 1.82) is 0 Å². The van der Waals surface area contributed by atoms with Crippen LogP contribution in [0.2, 0.25) is 0 Å². The molecule has 4 heteroatoms. The van der Waals surface area contributed by atoms with Crippen LogP contribution >= 0.6 is 11.3 Å². The van der Waals surface area contributed by atoms with Crippen molar-refractivity contribution in [2.24, 2.45) is 0 Å². The van der Waals surface area contributed by atoms with Gasteiger partial charge >= 0.3 is 0 Å². The molecule has 0 unspecified atom stereocenters. The number of hydrogen-bond acceptors (Lipinski definition) is 3. The maximum atomic E-state index is 12.4. The van der Waals surface area contributed by atoms with Gasteiger partial charge in [-0.2, -0.15) is 0 Å². The SMILES string of the molecule is Cc1nc2sccn2c1C(=O)c1ccccc1. The molecule has 2 heterocycles. The van der Waals surface area contributed by atoms with E-state index >= 15 is 0 Å². The second-order valence-electron chi connectivity index (χ2n) is 3.80. The van der Waals surface area contributed by atoms with Gasteiger partial charge in [0.25, 0.3) is 0 Å². The van der Waals surface area contributed by atoms with Gasteiger partial charge in [0.15, 0.2) is 4.96 Å². The smallest absolute Gasteiger partial charge is 0.211 e. The van der Waals surface area contributed by atoms with Gasteiger partial charge in [-0.05, 0) is 6.92 Å². The summed E-state index contributed by atoms with van der Waals surface area (Å²) in [6, 6.07) is 9.30. The van der Waals surface area contributed by atoms with Crippen molar-refractivity contribution < 1.29 is 4.79 Å². The highest BCUT2D eigenvalue weighted by Crippen LogP contribution is 2.19. The first kappa shape index (κ1) is 10.2. The number of thiazole rings is 1. The molecule has 0 spiro atoms. The van der Waals surface area contributed by atoms with E-state index in [0.717, 1.165) is 10.7 Å². The number of carbonyl (C=O) groups excluding carboxylic acids is 1. The molecule has 2 aromatic heterocycles. The predicted molar refractivity (Wildman–Crippen MR) is 67.7 cm³/mol. The first-order valence-electron chi connectivity index (χ1n) is 5.29. The number of ketones is 1. The Kier molecular flexibility index (Phi) is 2.30. The molecule has 1 aromatic carbocycles. The summed E-state index contributed by atoms with van der Waals surface area (Å²) in [7, 11) is 0. The van der Waals surface area contributed by atoms with Crippen molar-refractivity contribution in [2.75, 3.05) is 0 Å². The number of fused-ring (bicyclic) bond motifs is 1. The lowest BCUT2D eigenvalue weighted by molar-refractivity contribution is 0.103. The van der Waals surface area contributed by atoms with Gasteiger partial charge < -0.3 is 0 Å². The van der Waals surface area contributed by atoms with Crippen LogP contribution in [0.4, 0.5) is 0 Å². The Hall–Kier alpha value is -1.94. The second-order valence-corrected chi connectivity index (χ2v) is 4.67. The molecule has 0 bridgehead atoms. The minimum atomic E-state index is 0.0222. The highest BCUT2D eigenvalue weighted by molar-refractivity contribution is 7.15. The molecule has 0 aliphatic carbocycles. The molecule has 0 amide bonds. The Balaban J connectivity index is 2.18. The van der Waals surface area contributed by atoms with Gasteiger partial charge in [-0.3, -0.25) is 9.20 Å². The lowest BCUT2D eigenvalue weighted by Crippen LogP contribution is -2.05. The molecule has 0 radical (unpaired) electrons. The van der Waals surface area contributed by atoms with Crippen molar-refractivity contribution in [2.45, 2.75) is 6.92 Å². The third kappa shape index (κ3) is 1.57. The van der Waals surface area contributed by atoms with Crippen molar-refractivity contribution in [3.8, 4) is 0 Å². The maximum Gasteiger partial charge on any atom is 0.211 e. The van der Waals surface area contributed by atoms with Crippen molar-refractivity contribution in [3.63, 3.8) is 0 Å². The number of aryl methyl sites for hydroxylation is 1. The summed E-state index contributed by atoms with van der Waals surface area (Å²) < 4.78 is 1.86. The molecule has 3 nitrogen and oxygen atoms in total. The zero-order valence-electron chi connectivity index (χ0n) is 9.25. The normalized spacial score (nSPS) is 10.9. The van der Waals surface area contributed by atoms with Crippen LogP contribution in [0.3, 0.4) is 0 Å². The Morgan fingerprint density at radius 2 is 2.06 bits per heavy atom. The highest BCUT2D eigenvalue weighted by Gasteiger charge is 2.18. The number of aromatic nitrogens is 2. The van der Waals surface area contributed by atoms with Gasteiger partial charge in [0.1, 0.15) is 5.69 Å². The van der Waals surface area contributed by atoms with E-state index in [-0.39, 0.29) is 5.78 Å². The summed E-state index contributed by atoms with van der Waals surface area (Å²) in [6.07, 6.45) is 1.89. The monoisotopic (exact) mass is 242 g/mol. The Morgan fingerprint density at radius 3 is 2.82 bits per heavy atom. The molecule has 0 fully saturated rings. The van der Waals surface area contributed by atoms with Crippen LogP contribution in [-0.2, 0) is 0 Å². The fourth-order valence-corrected chi connectivity index (χ4v) is 2.65. The molecule has 0 N–H and O–H groups in total. The number of carbonyl (C=O) groups is 1. The van der Waals surface area contributed by atoms with Gasteiger partial charge in [0.2, 0.25) is 5.78 Å². The fourth-order valence-electron chi connectivity index (χ4n) is 1.89. The number of rotatable bonds is 2. The Labute approximate surface area is 102 Å². The van der Waals surface area contributed by atoms with E-state index < -0.39 is 0 Å². The molecule has 17 heavy (non-hydrogen) atoms. The third-order valence-electron chi connectivity index (χ3n) is 2.69. The molecule has 0 saturated heterocycles. The largest absolute Gasteiger partial charge is 0.287 e. The third-order valence-corrected chi connectivity index (χ3v) is 3.44. The minimum absolute atomic E-state index is 0.0222. The molecule has 0 aliphatic heterocycles. The van der Waals surface area contributed by atoms with Gasteiger partial charge in [-0.1, -0.05) is 30.3 Å². The first-order valence-corrected chi connectivity index (χ1v) is 6.17. The lowest BCUT2D eigenvalue weighted by Gasteiger charge is -2.00. The van der Waals surface area contributed by atoms with Crippen molar-refractivity contribution in [3.05, 3.63) is 58.9 Å². The van der Waals surface area contributed by atoms with Crippen LogP contribution in [0, 0.1) is 6.92 Å². The first-order chi connectivity index (χ1) is 8.27. The molecule has 0 saturated carbocycles. The summed E-state index contributed by atoms with van der Waals surface area (Å²) in [5.74, 6) is 0.0222. The van der Waals surface area contributed by atoms with Crippen LogP contribution in [0.5, 0.6) is 0 Å². The average Bonchev–Trinajstić information content (AvgIpc) is 2.89. The standard InChI is InChI=1S/C13H10N2OS/c1-9-11(15-7-8-17-13(15)14-9)12(16)10-5-3-2-4-6-10/h2-8H,1H3. The zero-order valence-corrected chi connectivity index (χ0v) is 10.1. The average molecular weight is 242 g/mol. The quantitative estimate of drug-likeness (QED) is 0.647. The highest BCUT2D eigenvalue weighted by atomic mass is 32.1. The van der Waals surface area contributed by atoms with Gasteiger partial charge in [0, 0.05) is 17.1 Å². The van der Waals surface area contributed by atoms with Crippen LogP contribution < -0.4 is 0 Å². The fraction of sp³-hybridized carbons (Fsp3) is 0.0769. The van der Waals surface area contributed by atoms with E-state index in [2.05, 4.69) is 4.98 Å². The minimum Gasteiger partial charge on any atom is -0.287 e. The van der Waals surface area contributed by atoms with Crippen molar-refractivity contribution >= 4 is 22.1 Å². The van der Waals surface area contributed by atoms with E-state index in [1.807, 2.05) is 53.2 Å². The molecule has 3 rings (SSSR count). The number of benzene rings is 1. The number of nitrogens with zero attached hydrogens (tertiary/aromatic N) is 2. The molecular formula is C13H10N2OS. The topological polar surface area (TPSA) is 34.4 Å². The van der Waals surface area contributed by atoms with Gasteiger partial charge in [0.05, 0.1) is 5.69 Å². The zero-order chi connectivity index (χ0) is 11.8.